The van der Waals surface area contributed by atoms with Gasteiger partial charge in [-0.25, -0.2) is 4.39 Å². The zero-order valence-electron chi connectivity index (χ0n) is 12.8. The first-order valence-electron chi connectivity index (χ1n) is 7.96. The summed E-state index contributed by atoms with van der Waals surface area (Å²) >= 11 is 1.72. The normalized spacial score (nSPS) is 24.4. The molecule has 2 saturated heterocycles. The van der Waals surface area contributed by atoms with E-state index in [9.17, 15) is 9.18 Å². The van der Waals surface area contributed by atoms with Gasteiger partial charge in [-0.05, 0) is 40.1 Å². The second-order valence-electron chi connectivity index (χ2n) is 6.54. The Balaban J connectivity index is 1.38. The van der Waals surface area contributed by atoms with Crippen LogP contribution in [0.5, 0.6) is 0 Å². The second kappa shape index (κ2) is 6.06. The number of carbonyl (C=O) groups is 1. The molecule has 2 fully saturated rings. The van der Waals surface area contributed by atoms with Gasteiger partial charge in [-0.2, -0.15) is 11.3 Å². The van der Waals surface area contributed by atoms with Crippen LogP contribution in [-0.2, 0) is 17.9 Å². The lowest BCUT2D eigenvalue weighted by Crippen LogP contribution is -2.32. The molecule has 0 radical (unpaired) electrons. The van der Waals surface area contributed by atoms with Crippen LogP contribution in [-0.4, -0.2) is 35.3 Å². The fraction of sp³-hybridized carbons (Fsp3) is 0.389. The standard InChI is InChI=1S/C18H19FN2OS/c19-16-3-1-2-13(6-16)8-21-10-15-9-20(11-17(15)18(21)22)7-14-4-5-23-12-14/h1-6,12,15,17H,7-11H2/t15-,17-/m0/s1. The second-order valence-corrected chi connectivity index (χ2v) is 7.32. The van der Waals surface area contributed by atoms with Gasteiger partial charge in [0.1, 0.15) is 5.82 Å². The van der Waals surface area contributed by atoms with Crippen molar-refractivity contribution in [1.29, 1.82) is 0 Å². The highest BCUT2D eigenvalue weighted by Gasteiger charge is 2.45. The van der Waals surface area contributed by atoms with E-state index in [1.807, 2.05) is 11.0 Å². The average molecular weight is 330 g/mol. The number of rotatable bonds is 4. The van der Waals surface area contributed by atoms with Crippen LogP contribution in [0.4, 0.5) is 4.39 Å². The first-order chi connectivity index (χ1) is 11.2. The highest BCUT2D eigenvalue weighted by atomic mass is 32.1. The summed E-state index contributed by atoms with van der Waals surface area (Å²) in [4.78, 5) is 16.9. The smallest absolute Gasteiger partial charge is 0.227 e. The summed E-state index contributed by atoms with van der Waals surface area (Å²) in [6.07, 6.45) is 0. The predicted octanol–water partition coefficient (Wildman–Crippen LogP) is 2.98. The summed E-state index contributed by atoms with van der Waals surface area (Å²) in [6.45, 7) is 4.08. The van der Waals surface area contributed by atoms with Crippen LogP contribution < -0.4 is 0 Å². The number of hydrogen-bond acceptors (Lipinski definition) is 3. The number of nitrogens with zero attached hydrogens (tertiary/aromatic N) is 2. The highest BCUT2D eigenvalue weighted by molar-refractivity contribution is 7.07. The highest BCUT2D eigenvalue weighted by Crippen LogP contribution is 2.34. The lowest BCUT2D eigenvalue weighted by atomic mass is 10.0. The molecule has 0 aliphatic carbocycles. The molecular formula is C18H19FN2OS. The van der Waals surface area contributed by atoms with Crippen LogP contribution in [0.25, 0.3) is 0 Å². The van der Waals surface area contributed by atoms with E-state index in [0.717, 1.165) is 31.7 Å². The Morgan fingerprint density at radius 2 is 2.04 bits per heavy atom. The van der Waals surface area contributed by atoms with E-state index >= 15 is 0 Å². The molecule has 0 saturated carbocycles. The monoisotopic (exact) mass is 330 g/mol. The topological polar surface area (TPSA) is 23.6 Å². The lowest BCUT2D eigenvalue weighted by molar-refractivity contribution is -0.131. The van der Waals surface area contributed by atoms with Crippen molar-refractivity contribution >= 4 is 17.2 Å². The third-order valence-corrected chi connectivity index (χ3v) is 5.58. The van der Waals surface area contributed by atoms with E-state index in [0.29, 0.717) is 12.5 Å². The molecule has 5 heteroatoms. The fourth-order valence-corrected chi connectivity index (χ4v) is 4.46. The summed E-state index contributed by atoms with van der Waals surface area (Å²) in [6, 6.07) is 8.69. The number of carbonyl (C=O) groups excluding carboxylic acids is 1. The van der Waals surface area contributed by atoms with Crippen molar-refractivity contribution in [3.05, 3.63) is 58.0 Å². The summed E-state index contributed by atoms with van der Waals surface area (Å²) < 4.78 is 13.3. The maximum atomic E-state index is 13.3. The van der Waals surface area contributed by atoms with Crippen molar-refractivity contribution in [3.63, 3.8) is 0 Å². The molecular weight excluding hydrogens is 311 g/mol. The molecule has 0 spiro atoms. The van der Waals surface area contributed by atoms with Gasteiger partial charge < -0.3 is 4.90 Å². The maximum absolute atomic E-state index is 13.3. The van der Waals surface area contributed by atoms with E-state index in [4.69, 9.17) is 0 Å². The Bertz CT molecular complexity index is 703. The molecule has 2 aromatic rings. The van der Waals surface area contributed by atoms with E-state index in [2.05, 4.69) is 21.7 Å². The summed E-state index contributed by atoms with van der Waals surface area (Å²) in [7, 11) is 0. The van der Waals surface area contributed by atoms with Crippen molar-refractivity contribution in [3.8, 4) is 0 Å². The van der Waals surface area contributed by atoms with E-state index in [1.165, 1.54) is 17.7 Å². The first-order valence-corrected chi connectivity index (χ1v) is 8.90. The Hall–Kier alpha value is -1.72. The minimum absolute atomic E-state index is 0.113. The molecule has 1 aromatic carbocycles. The van der Waals surface area contributed by atoms with Crippen LogP contribution in [0.3, 0.4) is 0 Å². The molecule has 0 bridgehead atoms. The van der Waals surface area contributed by atoms with Crippen molar-refractivity contribution < 1.29 is 9.18 Å². The minimum atomic E-state index is -0.240. The van der Waals surface area contributed by atoms with Gasteiger partial charge in [0, 0.05) is 38.6 Å². The van der Waals surface area contributed by atoms with E-state index < -0.39 is 0 Å². The number of amides is 1. The largest absolute Gasteiger partial charge is 0.338 e. The van der Waals surface area contributed by atoms with Crippen molar-refractivity contribution in [1.82, 2.24) is 9.80 Å². The van der Waals surface area contributed by atoms with Gasteiger partial charge >= 0.3 is 0 Å². The van der Waals surface area contributed by atoms with Gasteiger partial charge in [0.05, 0.1) is 5.92 Å². The molecule has 0 N–H and O–H groups in total. The molecule has 0 unspecified atom stereocenters. The summed E-state index contributed by atoms with van der Waals surface area (Å²) in [5.41, 5.74) is 2.20. The van der Waals surface area contributed by atoms with Crippen molar-refractivity contribution in [2.45, 2.75) is 13.1 Å². The minimum Gasteiger partial charge on any atom is -0.338 e. The van der Waals surface area contributed by atoms with Crippen molar-refractivity contribution in [2.24, 2.45) is 11.8 Å². The zero-order chi connectivity index (χ0) is 15.8. The molecule has 1 aromatic heterocycles. The van der Waals surface area contributed by atoms with E-state index in [1.54, 1.807) is 17.4 Å². The summed E-state index contributed by atoms with van der Waals surface area (Å²) in [5.74, 6) is 0.514. The third-order valence-electron chi connectivity index (χ3n) is 4.85. The number of benzene rings is 1. The van der Waals surface area contributed by atoms with E-state index in [-0.39, 0.29) is 17.6 Å². The SMILES string of the molecule is O=C1[C@H]2CN(Cc3ccsc3)C[C@H]2CN1Cc1cccc(F)c1. The average Bonchev–Trinajstić information content (AvgIpc) is 3.21. The van der Waals surface area contributed by atoms with Gasteiger partial charge in [-0.15, -0.1) is 0 Å². The van der Waals surface area contributed by atoms with Crippen molar-refractivity contribution in [2.75, 3.05) is 19.6 Å². The molecule has 3 heterocycles. The molecule has 2 aliphatic heterocycles. The number of thiophene rings is 1. The quantitative estimate of drug-likeness (QED) is 0.860. The van der Waals surface area contributed by atoms with Crippen LogP contribution in [0.1, 0.15) is 11.1 Å². The Morgan fingerprint density at radius 3 is 2.78 bits per heavy atom. The fourth-order valence-electron chi connectivity index (χ4n) is 3.80. The van der Waals surface area contributed by atoms with Gasteiger partial charge in [-0.1, -0.05) is 12.1 Å². The van der Waals surface area contributed by atoms with Gasteiger partial charge in [0.15, 0.2) is 0 Å². The number of halogens is 1. The molecule has 120 valence electrons. The molecule has 2 aliphatic rings. The number of hydrogen-bond donors (Lipinski definition) is 0. The third kappa shape index (κ3) is 3.03. The molecule has 1 amide bonds. The zero-order valence-corrected chi connectivity index (χ0v) is 13.6. The molecule has 2 atom stereocenters. The first kappa shape index (κ1) is 14.8. The lowest BCUT2D eigenvalue weighted by Gasteiger charge is -2.21. The molecule has 3 nitrogen and oxygen atoms in total. The molecule has 4 rings (SSSR count). The van der Waals surface area contributed by atoms with Gasteiger partial charge in [-0.3, -0.25) is 9.69 Å². The summed E-state index contributed by atoms with van der Waals surface area (Å²) in [5, 5.41) is 4.27. The van der Waals surface area contributed by atoms with Crippen LogP contribution in [0.15, 0.2) is 41.1 Å². The Labute approximate surface area is 139 Å². The predicted molar refractivity (Wildman–Crippen MR) is 88.4 cm³/mol. The van der Waals surface area contributed by atoms with Crippen LogP contribution in [0, 0.1) is 17.7 Å². The van der Waals surface area contributed by atoms with Crippen LogP contribution in [0.2, 0.25) is 0 Å². The molecule has 23 heavy (non-hydrogen) atoms. The maximum Gasteiger partial charge on any atom is 0.227 e. The Kier molecular flexibility index (Phi) is 3.91. The van der Waals surface area contributed by atoms with Gasteiger partial charge in [0.2, 0.25) is 5.91 Å². The Morgan fingerprint density at radius 1 is 1.13 bits per heavy atom. The van der Waals surface area contributed by atoms with Crippen LogP contribution >= 0.6 is 11.3 Å². The number of fused-ring (bicyclic) bond motifs is 1. The number of likely N-dealkylation sites (tertiary alicyclic amines) is 2. The van der Waals surface area contributed by atoms with Gasteiger partial charge in [0.25, 0.3) is 0 Å².